The molecule has 3 nitrogen and oxygen atoms in total. The molecule has 0 saturated heterocycles. The molecule has 0 rings (SSSR count). The van der Waals surface area contributed by atoms with Crippen LogP contribution in [0.5, 0.6) is 0 Å². The zero-order valence-corrected chi connectivity index (χ0v) is 12.7. The molecule has 0 amide bonds. The zero-order chi connectivity index (χ0) is 11.7. The van der Waals surface area contributed by atoms with E-state index in [2.05, 4.69) is 6.92 Å². The summed E-state index contributed by atoms with van der Waals surface area (Å²) in [4.78, 5) is 11.3. The van der Waals surface area contributed by atoms with Crippen molar-refractivity contribution in [3.63, 3.8) is 0 Å². The van der Waals surface area contributed by atoms with Crippen molar-refractivity contribution in [3.8, 4) is 0 Å². The van der Waals surface area contributed by atoms with E-state index < -0.39 is 0 Å². The normalized spacial score (nSPS) is 10.8. The van der Waals surface area contributed by atoms with Crippen LogP contribution >= 0.6 is 0 Å². The largest absolute Gasteiger partial charge is 1.00 e. The minimum Gasteiger partial charge on any atom is -1.00 e. The number of unbranched alkanes of at least 4 members (excludes halogenated alkanes) is 4. The first-order valence-electron chi connectivity index (χ1n) is 5.92. The number of carbonyl (C=O) groups excluding carboxylic acids is 1. The first-order valence-corrected chi connectivity index (χ1v) is 5.92. The Morgan fingerprint density at radius 3 is 2.12 bits per heavy atom. The van der Waals surface area contributed by atoms with Gasteiger partial charge in [0.25, 0.3) is 0 Å². The highest BCUT2D eigenvalue weighted by Crippen LogP contribution is 2.06. The number of ether oxygens (including phenoxy) is 1. The number of nitrogens with zero attached hydrogens (tertiary/aromatic N) is 1. The summed E-state index contributed by atoms with van der Waals surface area (Å²) in [7, 11) is 6.03. The van der Waals surface area contributed by atoms with Crippen LogP contribution in [-0.4, -0.2) is 38.3 Å². The van der Waals surface area contributed by atoms with Crippen LogP contribution in [0.1, 0.15) is 45.4 Å². The molecule has 0 unspecified atom stereocenters. The Hall–Kier alpha value is -0.0900. The first kappa shape index (κ1) is 18.3. The maximum absolute atomic E-state index is 11.3. The molecule has 0 N–H and O–H groups in total. The van der Waals surface area contributed by atoms with E-state index in [0.717, 1.165) is 12.8 Å². The number of carbonyl (C=O) groups is 1. The molecule has 0 heterocycles. The van der Waals surface area contributed by atoms with Gasteiger partial charge < -0.3 is 21.7 Å². The predicted molar refractivity (Wildman–Crippen MR) is 62.4 cm³/mol. The lowest BCUT2D eigenvalue weighted by atomic mass is 10.1. The van der Waals surface area contributed by atoms with Gasteiger partial charge in [0.1, 0.15) is 0 Å². The molecule has 4 heteroatoms. The van der Waals surface area contributed by atoms with E-state index in [1.54, 1.807) is 0 Å². The SMILES string of the molecule is CCCCCCCC(=O)OC[N+](C)(C)C.[Br-]. The lowest BCUT2D eigenvalue weighted by Gasteiger charge is -2.22. The van der Waals surface area contributed by atoms with Crippen LogP contribution < -0.4 is 17.0 Å². The van der Waals surface area contributed by atoms with E-state index in [4.69, 9.17) is 4.74 Å². The van der Waals surface area contributed by atoms with Gasteiger partial charge in [0, 0.05) is 6.42 Å². The van der Waals surface area contributed by atoms with Gasteiger partial charge in [-0.15, -0.1) is 0 Å². The third-order valence-corrected chi connectivity index (χ3v) is 2.10. The van der Waals surface area contributed by atoms with Crippen LogP contribution in [0.3, 0.4) is 0 Å². The number of hydrogen-bond donors (Lipinski definition) is 0. The van der Waals surface area contributed by atoms with Gasteiger partial charge in [-0.3, -0.25) is 9.28 Å². The maximum Gasteiger partial charge on any atom is 0.310 e. The molecular formula is C12H26BrNO2. The van der Waals surface area contributed by atoms with Crippen molar-refractivity contribution in [2.45, 2.75) is 45.4 Å². The van der Waals surface area contributed by atoms with Crippen LogP contribution in [0.15, 0.2) is 0 Å². The average molecular weight is 296 g/mol. The molecule has 0 aliphatic heterocycles. The Labute approximate surface area is 111 Å². The maximum atomic E-state index is 11.3. The van der Waals surface area contributed by atoms with E-state index in [0.29, 0.717) is 17.6 Å². The Morgan fingerprint density at radius 2 is 1.62 bits per heavy atom. The highest BCUT2D eigenvalue weighted by atomic mass is 79.9. The van der Waals surface area contributed by atoms with Gasteiger partial charge in [0.05, 0.1) is 21.1 Å². The van der Waals surface area contributed by atoms with Gasteiger partial charge >= 0.3 is 5.97 Å². The summed E-state index contributed by atoms with van der Waals surface area (Å²) in [6, 6.07) is 0. The smallest absolute Gasteiger partial charge is 0.310 e. The second kappa shape index (κ2) is 10.1. The molecule has 0 saturated carbocycles. The van der Waals surface area contributed by atoms with Crippen molar-refractivity contribution in [1.82, 2.24) is 0 Å². The van der Waals surface area contributed by atoms with Crippen LogP contribution in [-0.2, 0) is 9.53 Å². The minimum absolute atomic E-state index is 0. The van der Waals surface area contributed by atoms with E-state index >= 15 is 0 Å². The fourth-order valence-electron chi connectivity index (χ4n) is 1.21. The lowest BCUT2D eigenvalue weighted by Crippen LogP contribution is -3.00. The summed E-state index contributed by atoms with van der Waals surface area (Å²) in [5, 5.41) is 0. The van der Waals surface area contributed by atoms with Crippen LogP contribution in [0.4, 0.5) is 0 Å². The van der Waals surface area contributed by atoms with Gasteiger partial charge in [0.2, 0.25) is 6.73 Å². The molecular weight excluding hydrogens is 270 g/mol. The predicted octanol–water partition coefficient (Wildman–Crippen LogP) is -0.442. The topological polar surface area (TPSA) is 26.3 Å². The summed E-state index contributed by atoms with van der Waals surface area (Å²) in [6.07, 6.45) is 6.44. The number of rotatable bonds is 8. The number of esters is 1. The van der Waals surface area contributed by atoms with E-state index in [9.17, 15) is 4.79 Å². The number of halogens is 1. The van der Waals surface area contributed by atoms with Gasteiger partial charge in [-0.2, -0.15) is 0 Å². The van der Waals surface area contributed by atoms with Gasteiger partial charge in [-0.1, -0.05) is 32.6 Å². The van der Waals surface area contributed by atoms with Crippen LogP contribution in [0.25, 0.3) is 0 Å². The van der Waals surface area contributed by atoms with Crippen molar-refractivity contribution in [2.75, 3.05) is 27.9 Å². The van der Waals surface area contributed by atoms with Crippen molar-refractivity contribution < 1.29 is 31.0 Å². The third kappa shape index (κ3) is 13.9. The quantitative estimate of drug-likeness (QED) is 0.263. The van der Waals surface area contributed by atoms with E-state index in [1.807, 2.05) is 21.1 Å². The lowest BCUT2D eigenvalue weighted by molar-refractivity contribution is -0.888. The monoisotopic (exact) mass is 295 g/mol. The fraction of sp³-hybridized carbons (Fsp3) is 0.917. The molecule has 0 atom stereocenters. The van der Waals surface area contributed by atoms with Crippen molar-refractivity contribution >= 4 is 5.97 Å². The third-order valence-electron chi connectivity index (χ3n) is 2.10. The molecule has 0 aliphatic carbocycles. The second-order valence-electron chi connectivity index (χ2n) is 5.10. The minimum atomic E-state index is -0.0560. The number of hydrogen-bond acceptors (Lipinski definition) is 2. The average Bonchev–Trinajstić information content (AvgIpc) is 2.13. The summed E-state index contributed by atoms with van der Waals surface area (Å²) in [5.74, 6) is -0.0560. The molecule has 0 bridgehead atoms. The van der Waals surface area contributed by atoms with Gasteiger partial charge in [-0.05, 0) is 6.42 Å². The van der Waals surface area contributed by atoms with Gasteiger partial charge in [-0.25, -0.2) is 0 Å². The first-order chi connectivity index (χ1) is 6.95. The van der Waals surface area contributed by atoms with Crippen molar-refractivity contribution in [1.29, 1.82) is 0 Å². The molecule has 0 aliphatic rings. The summed E-state index contributed by atoms with van der Waals surface area (Å²) in [6.45, 7) is 2.66. The summed E-state index contributed by atoms with van der Waals surface area (Å²) in [5.41, 5.74) is 0. The molecule has 0 aromatic heterocycles. The Morgan fingerprint density at radius 1 is 1.06 bits per heavy atom. The molecule has 16 heavy (non-hydrogen) atoms. The van der Waals surface area contributed by atoms with E-state index in [1.165, 1.54) is 19.3 Å². The Kier molecular flexibility index (Phi) is 11.5. The fourth-order valence-corrected chi connectivity index (χ4v) is 1.21. The molecule has 0 aromatic carbocycles. The van der Waals surface area contributed by atoms with Crippen molar-refractivity contribution in [3.05, 3.63) is 0 Å². The van der Waals surface area contributed by atoms with Crippen LogP contribution in [0.2, 0.25) is 0 Å². The Balaban J connectivity index is 0. The standard InChI is InChI=1S/C12H26NO2.BrH/c1-5-6-7-8-9-10-12(14)15-11-13(2,3)4;/h5-11H2,1-4H3;1H/q+1;/p-1. The summed E-state index contributed by atoms with van der Waals surface area (Å²) >= 11 is 0. The Bertz CT molecular complexity index is 178. The molecule has 0 spiro atoms. The number of quaternary nitrogens is 1. The molecule has 0 aromatic rings. The van der Waals surface area contributed by atoms with Crippen LogP contribution in [0, 0.1) is 0 Å². The highest BCUT2D eigenvalue weighted by Gasteiger charge is 2.10. The molecule has 0 fully saturated rings. The summed E-state index contributed by atoms with van der Waals surface area (Å²) < 4.78 is 5.81. The van der Waals surface area contributed by atoms with Crippen molar-refractivity contribution in [2.24, 2.45) is 0 Å². The molecule has 0 radical (unpaired) electrons. The zero-order valence-electron chi connectivity index (χ0n) is 11.1. The second-order valence-corrected chi connectivity index (χ2v) is 5.10. The highest BCUT2D eigenvalue weighted by molar-refractivity contribution is 5.69. The molecule has 98 valence electrons. The van der Waals surface area contributed by atoms with Gasteiger partial charge in [0.15, 0.2) is 0 Å². The van der Waals surface area contributed by atoms with E-state index in [-0.39, 0.29) is 23.0 Å².